The summed E-state index contributed by atoms with van der Waals surface area (Å²) in [4.78, 5) is 2.73. The highest BCUT2D eigenvalue weighted by molar-refractivity contribution is 5.65. The normalized spacial score (nSPS) is 21.8. The Kier molecular flexibility index (Phi) is 5.42. The molecule has 0 amide bonds. The lowest BCUT2D eigenvalue weighted by Crippen LogP contribution is -2.39. The molecule has 1 unspecified atom stereocenters. The average molecular weight is 378 g/mol. The van der Waals surface area contributed by atoms with E-state index in [4.69, 9.17) is 0 Å². The summed E-state index contributed by atoms with van der Waals surface area (Å²) < 4.78 is 0. The van der Waals surface area contributed by atoms with Crippen molar-refractivity contribution in [3.63, 3.8) is 0 Å². The van der Waals surface area contributed by atoms with Gasteiger partial charge in [0.2, 0.25) is 0 Å². The van der Waals surface area contributed by atoms with E-state index >= 15 is 0 Å². The van der Waals surface area contributed by atoms with Crippen LogP contribution < -0.4 is 4.90 Å². The second-order valence-corrected chi connectivity index (χ2v) is 10.6. The molecule has 1 heteroatoms. The van der Waals surface area contributed by atoms with Crippen LogP contribution in [0.25, 0.3) is 0 Å². The van der Waals surface area contributed by atoms with E-state index in [9.17, 15) is 0 Å². The zero-order chi connectivity index (χ0) is 20.9. The maximum Gasteiger partial charge on any atom is 0.0441 e. The SMILES string of the molecule is Cc1cc(C)cc(C2(C)CN(c3c(C(C)C)cccc3C(C)C)C(C)(C)C2)c1. The number of anilines is 1. The Bertz CT molecular complexity index is 812. The van der Waals surface area contributed by atoms with Gasteiger partial charge in [-0.25, -0.2) is 0 Å². The van der Waals surface area contributed by atoms with E-state index in [-0.39, 0.29) is 11.0 Å². The van der Waals surface area contributed by atoms with Gasteiger partial charge in [-0.2, -0.15) is 0 Å². The Morgan fingerprint density at radius 3 is 1.79 bits per heavy atom. The molecule has 1 atom stereocenters. The van der Waals surface area contributed by atoms with Gasteiger partial charge in [0.05, 0.1) is 0 Å². The second kappa shape index (κ2) is 7.25. The van der Waals surface area contributed by atoms with Gasteiger partial charge in [-0.15, -0.1) is 0 Å². The molecule has 28 heavy (non-hydrogen) atoms. The lowest BCUT2D eigenvalue weighted by atomic mass is 9.77. The van der Waals surface area contributed by atoms with Crippen molar-refractivity contribution in [2.75, 3.05) is 11.4 Å². The van der Waals surface area contributed by atoms with Crippen LogP contribution in [0.3, 0.4) is 0 Å². The molecule has 1 aliphatic rings. The highest BCUT2D eigenvalue weighted by atomic mass is 15.2. The highest BCUT2D eigenvalue weighted by Crippen LogP contribution is 2.49. The lowest BCUT2D eigenvalue weighted by Gasteiger charge is -2.38. The first-order chi connectivity index (χ1) is 12.9. The quantitative estimate of drug-likeness (QED) is 0.533. The Balaban J connectivity index is 2.14. The summed E-state index contributed by atoms with van der Waals surface area (Å²) in [6.07, 6.45) is 1.17. The maximum absolute atomic E-state index is 2.73. The Labute approximate surface area is 173 Å². The van der Waals surface area contributed by atoms with Crippen LogP contribution in [0.4, 0.5) is 5.69 Å². The number of hydrogen-bond acceptors (Lipinski definition) is 1. The fourth-order valence-corrected chi connectivity index (χ4v) is 5.39. The van der Waals surface area contributed by atoms with E-state index in [1.165, 1.54) is 39.9 Å². The van der Waals surface area contributed by atoms with Gasteiger partial charge >= 0.3 is 0 Å². The zero-order valence-corrected chi connectivity index (χ0v) is 19.5. The lowest BCUT2D eigenvalue weighted by molar-refractivity contribution is 0.444. The first-order valence-electron chi connectivity index (χ1n) is 10.9. The molecule has 1 aliphatic heterocycles. The first kappa shape index (κ1) is 21.0. The van der Waals surface area contributed by atoms with Crippen molar-refractivity contribution in [3.8, 4) is 0 Å². The minimum atomic E-state index is 0.126. The van der Waals surface area contributed by atoms with E-state index in [2.05, 4.69) is 104 Å². The Hall–Kier alpha value is -1.76. The van der Waals surface area contributed by atoms with Gasteiger partial charge in [-0.05, 0) is 62.6 Å². The third-order valence-corrected chi connectivity index (χ3v) is 6.59. The number of aryl methyl sites for hydroxylation is 2. The number of para-hydroxylation sites is 1. The van der Waals surface area contributed by atoms with Gasteiger partial charge in [-0.3, -0.25) is 0 Å². The van der Waals surface area contributed by atoms with E-state index in [0.717, 1.165) is 6.54 Å². The van der Waals surface area contributed by atoms with Crippen LogP contribution in [0.1, 0.15) is 94.5 Å². The van der Waals surface area contributed by atoms with Gasteiger partial charge < -0.3 is 4.90 Å². The number of rotatable bonds is 4. The molecular weight excluding hydrogens is 338 g/mol. The van der Waals surface area contributed by atoms with Gasteiger partial charge in [0.25, 0.3) is 0 Å². The van der Waals surface area contributed by atoms with Crippen LogP contribution in [-0.2, 0) is 5.41 Å². The Morgan fingerprint density at radius 2 is 1.32 bits per heavy atom. The number of nitrogens with zero attached hydrogens (tertiary/aromatic N) is 1. The molecule has 0 saturated carbocycles. The molecular formula is C27H39N. The summed E-state index contributed by atoms with van der Waals surface area (Å²) in [5.74, 6) is 1.05. The molecule has 3 rings (SSSR count). The summed E-state index contributed by atoms with van der Waals surface area (Å²) in [7, 11) is 0. The van der Waals surface area contributed by atoms with Crippen LogP contribution in [-0.4, -0.2) is 12.1 Å². The van der Waals surface area contributed by atoms with Crippen molar-refractivity contribution < 1.29 is 0 Å². The third-order valence-electron chi connectivity index (χ3n) is 6.59. The minimum Gasteiger partial charge on any atom is -0.365 e. The zero-order valence-electron chi connectivity index (χ0n) is 19.5. The number of hydrogen-bond donors (Lipinski definition) is 0. The summed E-state index contributed by atoms with van der Waals surface area (Å²) in [5.41, 5.74) is 9.00. The molecule has 0 aromatic heterocycles. The summed E-state index contributed by atoms with van der Waals surface area (Å²) in [5, 5.41) is 0. The monoisotopic (exact) mass is 377 g/mol. The summed E-state index contributed by atoms with van der Waals surface area (Å²) in [6.45, 7) is 22.2. The van der Waals surface area contributed by atoms with Crippen molar-refractivity contribution in [2.45, 2.75) is 91.5 Å². The standard InChI is InChI=1S/C27H39N/c1-18(2)23-11-10-12-24(19(3)4)25(23)28-17-27(9,16-26(28,7)8)22-14-20(5)13-21(6)15-22/h10-15,18-19H,16-17H2,1-9H3. The minimum absolute atomic E-state index is 0.126. The fourth-order valence-electron chi connectivity index (χ4n) is 5.39. The fraction of sp³-hybridized carbons (Fsp3) is 0.556. The van der Waals surface area contributed by atoms with Gasteiger partial charge in [-0.1, -0.05) is 82.1 Å². The molecule has 1 heterocycles. The summed E-state index contributed by atoms with van der Waals surface area (Å²) in [6, 6.07) is 14.0. The molecule has 1 fully saturated rings. The van der Waals surface area contributed by atoms with E-state index in [1.807, 2.05) is 0 Å². The van der Waals surface area contributed by atoms with Crippen LogP contribution >= 0.6 is 0 Å². The largest absolute Gasteiger partial charge is 0.365 e. The van der Waals surface area contributed by atoms with Crippen LogP contribution in [0, 0.1) is 13.8 Å². The molecule has 2 aromatic carbocycles. The van der Waals surface area contributed by atoms with Crippen LogP contribution in [0.15, 0.2) is 36.4 Å². The average Bonchev–Trinajstić information content (AvgIpc) is 2.83. The van der Waals surface area contributed by atoms with Crippen molar-refractivity contribution in [1.82, 2.24) is 0 Å². The molecule has 0 radical (unpaired) electrons. The van der Waals surface area contributed by atoms with Crippen LogP contribution in [0.2, 0.25) is 0 Å². The molecule has 2 aromatic rings. The van der Waals surface area contributed by atoms with Gasteiger partial charge in [0.15, 0.2) is 0 Å². The van der Waals surface area contributed by atoms with Crippen molar-refractivity contribution in [3.05, 3.63) is 64.2 Å². The topological polar surface area (TPSA) is 3.24 Å². The summed E-state index contributed by atoms with van der Waals surface area (Å²) >= 11 is 0. The van der Waals surface area contributed by atoms with Crippen molar-refractivity contribution in [1.29, 1.82) is 0 Å². The predicted molar refractivity (Wildman–Crippen MR) is 124 cm³/mol. The van der Waals surface area contributed by atoms with Gasteiger partial charge in [0.1, 0.15) is 0 Å². The molecule has 0 N–H and O–H groups in total. The second-order valence-electron chi connectivity index (χ2n) is 10.6. The van der Waals surface area contributed by atoms with Crippen molar-refractivity contribution >= 4 is 5.69 Å². The highest BCUT2D eigenvalue weighted by Gasteiger charge is 2.47. The predicted octanol–water partition coefficient (Wildman–Crippen LogP) is 7.50. The molecule has 0 aliphatic carbocycles. The van der Waals surface area contributed by atoms with E-state index < -0.39 is 0 Å². The Morgan fingerprint density at radius 1 is 0.821 bits per heavy atom. The van der Waals surface area contributed by atoms with Crippen LogP contribution in [0.5, 0.6) is 0 Å². The molecule has 0 bridgehead atoms. The maximum atomic E-state index is 2.73. The van der Waals surface area contributed by atoms with Gasteiger partial charge in [0, 0.05) is 23.2 Å². The molecule has 1 nitrogen and oxygen atoms in total. The smallest absolute Gasteiger partial charge is 0.0441 e. The molecule has 1 saturated heterocycles. The van der Waals surface area contributed by atoms with Crippen molar-refractivity contribution in [2.24, 2.45) is 0 Å². The number of benzene rings is 2. The first-order valence-corrected chi connectivity index (χ1v) is 10.9. The third kappa shape index (κ3) is 3.73. The van der Waals surface area contributed by atoms with E-state index in [1.54, 1.807) is 0 Å². The van der Waals surface area contributed by atoms with E-state index in [0.29, 0.717) is 11.8 Å². The molecule has 152 valence electrons. The molecule has 0 spiro atoms.